The molecule has 0 N–H and O–H groups in total. The Morgan fingerprint density at radius 2 is 2.12 bits per heavy atom. The lowest BCUT2D eigenvalue weighted by atomic mass is 10.2. The Morgan fingerprint density at radius 3 is 2.65 bits per heavy atom. The Morgan fingerprint density at radius 1 is 1.47 bits per heavy atom. The van der Waals surface area contributed by atoms with Crippen molar-refractivity contribution < 1.29 is 13.7 Å². The fourth-order valence-corrected chi connectivity index (χ4v) is 1.71. The molecule has 0 aliphatic rings. The van der Waals surface area contributed by atoms with Crippen LogP contribution in [-0.2, 0) is 13.7 Å². The van der Waals surface area contributed by atoms with Gasteiger partial charge < -0.3 is 8.92 Å². The standard InChI is InChI=1S/C13H16O3S/c1-4-12(16-11(3)14)9-15-17-13-7-5-10(2)6-8-13/h4-8,12H,1,9H2,2-3H3/t12-/m0/s1. The molecule has 0 bridgehead atoms. The molecule has 1 aromatic carbocycles. The maximum atomic E-state index is 10.8. The molecule has 0 aliphatic heterocycles. The van der Waals surface area contributed by atoms with Crippen LogP contribution in [0.2, 0.25) is 0 Å². The highest BCUT2D eigenvalue weighted by atomic mass is 32.2. The van der Waals surface area contributed by atoms with E-state index < -0.39 is 6.10 Å². The van der Waals surface area contributed by atoms with Crippen molar-refractivity contribution in [3.8, 4) is 0 Å². The third-order valence-electron chi connectivity index (χ3n) is 1.99. The number of hydrogen-bond donors (Lipinski definition) is 0. The van der Waals surface area contributed by atoms with E-state index in [0.717, 1.165) is 4.90 Å². The van der Waals surface area contributed by atoms with E-state index >= 15 is 0 Å². The van der Waals surface area contributed by atoms with E-state index in [1.54, 1.807) is 6.08 Å². The van der Waals surface area contributed by atoms with Crippen molar-refractivity contribution in [1.82, 2.24) is 0 Å². The number of aryl methyl sites for hydroxylation is 1. The van der Waals surface area contributed by atoms with Gasteiger partial charge in [0.25, 0.3) is 0 Å². The van der Waals surface area contributed by atoms with Crippen LogP contribution in [0.15, 0.2) is 41.8 Å². The molecule has 0 saturated heterocycles. The Hall–Kier alpha value is -1.26. The van der Waals surface area contributed by atoms with Crippen LogP contribution in [-0.4, -0.2) is 18.7 Å². The van der Waals surface area contributed by atoms with Gasteiger partial charge >= 0.3 is 5.97 Å². The quantitative estimate of drug-likeness (QED) is 0.442. The van der Waals surface area contributed by atoms with Crippen LogP contribution < -0.4 is 0 Å². The average molecular weight is 252 g/mol. The number of carbonyl (C=O) groups is 1. The fourth-order valence-electron chi connectivity index (χ4n) is 1.13. The maximum Gasteiger partial charge on any atom is 0.303 e. The average Bonchev–Trinajstić information content (AvgIpc) is 2.30. The molecule has 4 heteroatoms. The summed E-state index contributed by atoms with van der Waals surface area (Å²) in [5, 5.41) is 0. The number of esters is 1. The summed E-state index contributed by atoms with van der Waals surface area (Å²) in [7, 11) is 0. The van der Waals surface area contributed by atoms with Crippen LogP contribution >= 0.6 is 12.0 Å². The molecule has 0 saturated carbocycles. The fraction of sp³-hybridized carbons (Fsp3) is 0.308. The normalized spacial score (nSPS) is 11.9. The Balaban J connectivity index is 2.33. The summed E-state index contributed by atoms with van der Waals surface area (Å²) in [4.78, 5) is 11.8. The highest BCUT2D eigenvalue weighted by Gasteiger charge is 2.08. The van der Waals surface area contributed by atoms with Crippen molar-refractivity contribution in [2.45, 2.75) is 24.8 Å². The van der Waals surface area contributed by atoms with Crippen molar-refractivity contribution in [2.24, 2.45) is 0 Å². The number of ether oxygens (including phenoxy) is 1. The van der Waals surface area contributed by atoms with E-state index in [1.165, 1.54) is 24.5 Å². The molecule has 3 nitrogen and oxygen atoms in total. The van der Waals surface area contributed by atoms with Gasteiger partial charge in [0.2, 0.25) is 0 Å². The van der Waals surface area contributed by atoms with Gasteiger partial charge in [0.15, 0.2) is 0 Å². The number of benzene rings is 1. The summed E-state index contributed by atoms with van der Waals surface area (Å²) in [6.07, 6.45) is 1.15. The first-order valence-corrected chi connectivity index (χ1v) is 6.02. The summed E-state index contributed by atoms with van der Waals surface area (Å²) < 4.78 is 10.3. The summed E-state index contributed by atoms with van der Waals surface area (Å²) in [5.41, 5.74) is 1.21. The zero-order valence-corrected chi connectivity index (χ0v) is 10.8. The van der Waals surface area contributed by atoms with E-state index in [2.05, 4.69) is 6.58 Å². The van der Waals surface area contributed by atoms with Gasteiger partial charge in [-0.25, -0.2) is 0 Å². The molecule has 17 heavy (non-hydrogen) atoms. The minimum absolute atomic E-state index is 0.293. The van der Waals surface area contributed by atoms with E-state index in [1.807, 2.05) is 31.2 Å². The third-order valence-corrected chi connectivity index (χ3v) is 2.71. The van der Waals surface area contributed by atoms with E-state index in [9.17, 15) is 4.79 Å². The van der Waals surface area contributed by atoms with Gasteiger partial charge in [-0.2, -0.15) is 0 Å². The smallest absolute Gasteiger partial charge is 0.303 e. The van der Waals surface area contributed by atoms with Crippen LogP contribution in [0.25, 0.3) is 0 Å². The van der Waals surface area contributed by atoms with Crippen LogP contribution in [0.3, 0.4) is 0 Å². The predicted octanol–water partition coefficient (Wildman–Crippen LogP) is 3.14. The lowest BCUT2D eigenvalue weighted by Gasteiger charge is -2.12. The lowest BCUT2D eigenvalue weighted by molar-refractivity contribution is -0.145. The molecular weight excluding hydrogens is 236 g/mol. The monoisotopic (exact) mass is 252 g/mol. The first-order chi connectivity index (χ1) is 8.11. The SMILES string of the molecule is C=C[C@@H](COSc1ccc(C)cc1)OC(C)=O. The van der Waals surface area contributed by atoms with Gasteiger partial charge in [0.05, 0.1) is 0 Å². The topological polar surface area (TPSA) is 35.5 Å². The number of rotatable bonds is 6. The zero-order valence-electron chi connectivity index (χ0n) is 10.0. The first-order valence-electron chi connectivity index (χ1n) is 5.27. The van der Waals surface area contributed by atoms with Gasteiger partial charge in [0, 0.05) is 23.9 Å². The number of carbonyl (C=O) groups excluding carboxylic acids is 1. The van der Waals surface area contributed by atoms with Crippen molar-refractivity contribution in [3.05, 3.63) is 42.5 Å². The van der Waals surface area contributed by atoms with Crippen LogP contribution in [0.1, 0.15) is 12.5 Å². The highest BCUT2D eigenvalue weighted by Crippen LogP contribution is 2.19. The van der Waals surface area contributed by atoms with Crippen molar-refractivity contribution in [1.29, 1.82) is 0 Å². The minimum atomic E-state index is -0.398. The van der Waals surface area contributed by atoms with Crippen LogP contribution in [0, 0.1) is 6.92 Å². The summed E-state index contributed by atoms with van der Waals surface area (Å²) >= 11 is 1.26. The summed E-state index contributed by atoms with van der Waals surface area (Å²) in [5.74, 6) is -0.334. The van der Waals surface area contributed by atoms with Gasteiger partial charge in [-0.3, -0.25) is 4.79 Å². The molecule has 0 spiro atoms. The molecule has 0 heterocycles. The maximum absolute atomic E-state index is 10.8. The molecule has 0 radical (unpaired) electrons. The second kappa shape index (κ2) is 7.14. The van der Waals surface area contributed by atoms with Crippen molar-refractivity contribution in [3.63, 3.8) is 0 Å². The largest absolute Gasteiger partial charge is 0.456 e. The molecular formula is C13H16O3S. The summed E-state index contributed by atoms with van der Waals surface area (Å²) in [6.45, 7) is 7.27. The Labute approximate surface area is 106 Å². The second-order valence-corrected chi connectivity index (χ2v) is 4.44. The molecule has 1 atom stereocenters. The minimum Gasteiger partial charge on any atom is -0.456 e. The molecule has 1 rings (SSSR count). The Bertz CT molecular complexity index is 373. The van der Waals surface area contributed by atoms with Gasteiger partial charge in [0.1, 0.15) is 12.7 Å². The van der Waals surface area contributed by atoms with Gasteiger partial charge in [-0.05, 0) is 25.1 Å². The molecule has 0 aliphatic carbocycles. The van der Waals surface area contributed by atoms with Crippen LogP contribution in [0.5, 0.6) is 0 Å². The van der Waals surface area contributed by atoms with Gasteiger partial charge in [-0.1, -0.05) is 24.3 Å². The lowest BCUT2D eigenvalue weighted by Crippen LogP contribution is -2.18. The Kier molecular flexibility index (Phi) is 5.80. The van der Waals surface area contributed by atoms with E-state index in [0.29, 0.717) is 6.61 Å². The first kappa shape index (κ1) is 13.8. The van der Waals surface area contributed by atoms with Crippen molar-refractivity contribution in [2.75, 3.05) is 6.61 Å². The second-order valence-electron chi connectivity index (χ2n) is 3.56. The van der Waals surface area contributed by atoms with E-state index in [-0.39, 0.29) is 5.97 Å². The van der Waals surface area contributed by atoms with Gasteiger partial charge in [-0.15, -0.1) is 0 Å². The molecule has 1 aromatic rings. The third kappa shape index (κ3) is 5.56. The zero-order chi connectivity index (χ0) is 12.7. The highest BCUT2D eigenvalue weighted by molar-refractivity contribution is 7.94. The molecule has 0 unspecified atom stereocenters. The summed E-state index contributed by atoms with van der Waals surface area (Å²) in [6, 6.07) is 8.00. The predicted molar refractivity (Wildman–Crippen MR) is 68.7 cm³/mol. The van der Waals surface area contributed by atoms with Crippen LogP contribution in [0.4, 0.5) is 0 Å². The van der Waals surface area contributed by atoms with Crippen molar-refractivity contribution >= 4 is 18.0 Å². The van der Waals surface area contributed by atoms with E-state index in [4.69, 9.17) is 8.92 Å². The molecule has 0 fully saturated rings. The molecule has 0 amide bonds. The molecule has 0 aromatic heterocycles. The molecule has 92 valence electrons. The number of hydrogen-bond acceptors (Lipinski definition) is 4.